The van der Waals surface area contributed by atoms with Crippen LogP contribution in [-0.2, 0) is 32.6 Å². The van der Waals surface area contributed by atoms with Crippen molar-refractivity contribution in [2.45, 2.75) is 44.7 Å². The van der Waals surface area contributed by atoms with Gasteiger partial charge in [-0.2, -0.15) is 0 Å². The van der Waals surface area contributed by atoms with Crippen molar-refractivity contribution < 1.29 is 18.0 Å². The molecular weight excluding hydrogens is 582 g/mol. The second-order valence-corrected chi connectivity index (χ2v) is 12.9. The van der Waals surface area contributed by atoms with E-state index in [4.69, 9.17) is 11.6 Å². The minimum absolute atomic E-state index is 0.0512. The van der Waals surface area contributed by atoms with Gasteiger partial charge in [-0.1, -0.05) is 89.5 Å². The van der Waals surface area contributed by atoms with Crippen LogP contribution >= 0.6 is 11.6 Å². The summed E-state index contributed by atoms with van der Waals surface area (Å²) in [6.45, 7) is 5.15. The van der Waals surface area contributed by atoms with Crippen LogP contribution in [0.15, 0.2) is 102 Å². The number of likely N-dealkylation sites (N-methyl/N-ethyl adjacent to an activating group) is 1. The summed E-state index contributed by atoms with van der Waals surface area (Å²) >= 11 is 6.27. The minimum Gasteiger partial charge on any atom is -0.357 e. The van der Waals surface area contributed by atoms with Crippen molar-refractivity contribution in [3.8, 4) is 0 Å². The van der Waals surface area contributed by atoms with Gasteiger partial charge in [-0.05, 0) is 67.8 Å². The zero-order chi connectivity index (χ0) is 31.1. The molecule has 0 bridgehead atoms. The Morgan fingerprint density at radius 2 is 1.47 bits per heavy atom. The summed E-state index contributed by atoms with van der Waals surface area (Å²) in [5, 5.41) is 3.18. The van der Waals surface area contributed by atoms with Crippen LogP contribution in [0.25, 0.3) is 0 Å². The van der Waals surface area contributed by atoms with Crippen LogP contribution in [0.1, 0.15) is 27.8 Å². The van der Waals surface area contributed by atoms with Crippen LogP contribution in [0.2, 0.25) is 5.02 Å². The second kappa shape index (κ2) is 13.9. The molecule has 43 heavy (non-hydrogen) atoms. The van der Waals surface area contributed by atoms with Gasteiger partial charge in [0.05, 0.1) is 10.6 Å². The highest BCUT2D eigenvalue weighted by atomic mass is 35.5. The molecule has 0 saturated heterocycles. The number of amides is 2. The number of hydrogen-bond donors (Lipinski definition) is 1. The van der Waals surface area contributed by atoms with Gasteiger partial charge < -0.3 is 10.2 Å². The van der Waals surface area contributed by atoms with Crippen molar-refractivity contribution in [1.82, 2.24) is 10.2 Å². The third-order valence-electron chi connectivity index (χ3n) is 7.27. The van der Waals surface area contributed by atoms with Crippen LogP contribution in [-0.4, -0.2) is 44.8 Å². The van der Waals surface area contributed by atoms with Gasteiger partial charge in [0, 0.05) is 25.0 Å². The van der Waals surface area contributed by atoms with E-state index < -0.39 is 28.5 Å². The molecule has 0 aliphatic heterocycles. The molecule has 0 saturated carbocycles. The van der Waals surface area contributed by atoms with Gasteiger partial charge in [-0.3, -0.25) is 13.9 Å². The second-order valence-electron chi connectivity index (χ2n) is 10.6. The van der Waals surface area contributed by atoms with E-state index in [0.717, 1.165) is 21.0 Å². The van der Waals surface area contributed by atoms with Crippen molar-refractivity contribution >= 4 is 39.1 Å². The molecule has 0 heterocycles. The van der Waals surface area contributed by atoms with Gasteiger partial charge in [0.25, 0.3) is 10.0 Å². The lowest BCUT2D eigenvalue weighted by molar-refractivity contribution is -0.139. The molecule has 0 fully saturated rings. The van der Waals surface area contributed by atoms with E-state index in [-0.39, 0.29) is 23.8 Å². The summed E-state index contributed by atoms with van der Waals surface area (Å²) in [6.07, 6.45) is 0.237. The maximum Gasteiger partial charge on any atom is 0.264 e. The number of sulfonamides is 1. The predicted octanol–water partition coefficient (Wildman–Crippen LogP) is 5.85. The highest BCUT2D eigenvalue weighted by Gasteiger charge is 2.34. The summed E-state index contributed by atoms with van der Waals surface area (Å²) in [6, 6.07) is 27.5. The van der Waals surface area contributed by atoms with Gasteiger partial charge >= 0.3 is 0 Å². The molecule has 4 rings (SSSR count). The number of carbonyl (C=O) groups excluding carboxylic acids is 2. The van der Waals surface area contributed by atoms with Crippen LogP contribution in [0.5, 0.6) is 0 Å². The smallest absolute Gasteiger partial charge is 0.264 e. The first-order chi connectivity index (χ1) is 20.5. The first-order valence-electron chi connectivity index (χ1n) is 14.0. The van der Waals surface area contributed by atoms with E-state index in [1.165, 1.54) is 24.1 Å². The quantitative estimate of drug-likeness (QED) is 0.229. The maximum atomic E-state index is 14.4. The molecule has 4 aromatic carbocycles. The average molecular weight is 618 g/mol. The minimum atomic E-state index is -4.16. The molecule has 2 amide bonds. The van der Waals surface area contributed by atoms with Gasteiger partial charge in [-0.25, -0.2) is 8.42 Å². The van der Waals surface area contributed by atoms with E-state index in [2.05, 4.69) is 5.32 Å². The maximum absolute atomic E-state index is 14.4. The van der Waals surface area contributed by atoms with E-state index in [0.29, 0.717) is 21.8 Å². The van der Waals surface area contributed by atoms with Gasteiger partial charge in [0.15, 0.2) is 0 Å². The van der Waals surface area contributed by atoms with Crippen LogP contribution < -0.4 is 9.62 Å². The van der Waals surface area contributed by atoms with Gasteiger partial charge in [0.1, 0.15) is 12.6 Å². The fraction of sp³-hybridized carbons (Fsp3) is 0.235. The standard InChI is InChI=1S/C34H36ClN3O4S/c1-24-13-16-30(17-14-24)43(41,42)38(31-18-15-25(2)19-26(31)3)23-33(39)37(22-28-11-8-12-29(35)20-28)32(34(40)36-4)21-27-9-6-5-7-10-27/h5-20,32H,21-23H2,1-4H3,(H,36,40)/t32-/m1/s1. The predicted molar refractivity (Wildman–Crippen MR) is 172 cm³/mol. The number of benzene rings is 4. The lowest BCUT2D eigenvalue weighted by Gasteiger charge is -2.34. The molecule has 0 radical (unpaired) electrons. The summed E-state index contributed by atoms with van der Waals surface area (Å²) < 4.78 is 29.4. The summed E-state index contributed by atoms with van der Waals surface area (Å²) in [5.74, 6) is -0.890. The van der Waals surface area contributed by atoms with E-state index in [1.807, 2.05) is 69.3 Å². The van der Waals surface area contributed by atoms with E-state index >= 15 is 0 Å². The monoisotopic (exact) mass is 617 g/mol. The number of rotatable bonds is 11. The molecule has 7 nitrogen and oxygen atoms in total. The lowest BCUT2D eigenvalue weighted by atomic mass is 10.0. The first kappa shape index (κ1) is 31.8. The first-order valence-corrected chi connectivity index (χ1v) is 15.8. The molecule has 0 unspecified atom stereocenters. The Morgan fingerprint density at radius 1 is 0.814 bits per heavy atom. The fourth-order valence-electron chi connectivity index (χ4n) is 4.99. The number of halogens is 1. The number of nitrogens with one attached hydrogen (secondary N) is 1. The molecule has 1 N–H and O–H groups in total. The number of carbonyl (C=O) groups is 2. The van der Waals surface area contributed by atoms with Crippen LogP contribution in [0, 0.1) is 20.8 Å². The number of aryl methyl sites for hydroxylation is 3. The molecule has 4 aromatic rings. The highest BCUT2D eigenvalue weighted by molar-refractivity contribution is 7.92. The topological polar surface area (TPSA) is 86.8 Å². The van der Waals surface area contributed by atoms with Gasteiger partial charge in [0.2, 0.25) is 11.8 Å². The van der Waals surface area contributed by atoms with Crippen molar-refractivity contribution in [2.75, 3.05) is 17.9 Å². The summed E-state index contributed by atoms with van der Waals surface area (Å²) in [7, 11) is -2.64. The Kier molecular flexibility index (Phi) is 10.3. The molecule has 0 spiro atoms. The molecular formula is C34H36ClN3O4S. The average Bonchev–Trinajstić information content (AvgIpc) is 2.98. The fourth-order valence-corrected chi connectivity index (χ4v) is 6.68. The van der Waals surface area contributed by atoms with E-state index in [9.17, 15) is 18.0 Å². The number of anilines is 1. The van der Waals surface area contributed by atoms with Crippen molar-refractivity contribution in [1.29, 1.82) is 0 Å². The largest absolute Gasteiger partial charge is 0.357 e. The van der Waals surface area contributed by atoms with Crippen molar-refractivity contribution in [3.63, 3.8) is 0 Å². The highest BCUT2D eigenvalue weighted by Crippen LogP contribution is 2.29. The summed E-state index contributed by atoms with van der Waals surface area (Å²) in [4.78, 5) is 29.3. The van der Waals surface area contributed by atoms with E-state index in [1.54, 1.807) is 36.4 Å². The molecule has 0 aliphatic rings. The zero-order valence-electron chi connectivity index (χ0n) is 24.7. The molecule has 0 aliphatic carbocycles. The Balaban J connectivity index is 1.81. The van der Waals surface area contributed by atoms with Crippen molar-refractivity contribution in [3.05, 3.63) is 130 Å². The SMILES string of the molecule is CNC(=O)[C@@H](Cc1ccccc1)N(Cc1cccc(Cl)c1)C(=O)CN(c1ccc(C)cc1C)S(=O)(=O)c1ccc(C)cc1. The third-order valence-corrected chi connectivity index (χ3v) is 9.28. The summed E-state index contributed by atoms with van der Waals surface area (Å²) in [5.41, 5.74) is 4.54. The third kappa shape index (κ3) is 7.83. The number of hydrogen-bond acceptors (Lipinski definition) is 4. The van der Waals surface area contributed by atoms with Gasteiger partial charge in [-0.15, -0.1) is 0 Å². The Bertz CT molecular complexity index is 1690. The molecule has 224 valence electrons. The normalized spacial score (nSPS) is 11.9. The zero-order valence-corrected chi connectivity index (χ0v) is 26.3. The Hall–Kier alpha value is -4.14. The van der Waals surface area contributed by atoms with Crippen LogP contribution in [0.3, 0.4) is 0 Å². The Morgan fingerprint density at radius 3 is 2.09 bits per heavy atom. The lowest BCUT2D eigenvalue weighted by Crippen LogP contribution is -2.53. The molecule has 1 atom stereocenters. The van der Waals surface area contributed by atoms with Crippen molar-refractivity contribution in [2.24, 2.45) is 0 Å². The Labute approximate surface area is 259 Å². The molecule has 9 heteroatoms. The molecule has 0 aromatic heterocycles. The van der Waals surface area contributed by atoms with Crippen LogP contribution in [0.4, 0.5) is 5.69 Å². The number of nitrogens with zero attached hydrogens (tertiary/aromatic N) is 2.